The number of hydrogen-bond acceptors (Lipinski definition) is 5. The van der Waals surface area contributed by atoms with Crippen LogP contribution in [0.5, 0.6) is 0 Å². The molecule has 3 heterocycles. The molecule has 0 amide bonds. The van der Waals surface area contributed by atoms with Crippen molar-refractivity contribution in [2.75, 3.05) is 4.90 Å². The summed E-state index contributed by atoms with van der Waals surface area (Å²) in [4.78, 5) is 17.7. The quantitative estimate of drug-likeness (QED) is 0.168. The van der Waals surface area contributed by atoms with Crippen LogP contribution in [0.25, 0.3) is 86.0 Å². The lowest BCUT2D eigenvalue weighted by Gasteiger charge is -2.41. The summed E-state index contributed by atoms with van der Waals surface area (Å²) in [5, 5.41) is 12.5. The first-order valence-electron chi connectivity index (χ1n) is 19.9. The molecule has 0 unspecified atom stereocenters. The van der Waals surface area contributed by atoms with Crippen LogP contribution in [0.4, 0.5) is 21.7 Å². The molecular formula is C53H35FN4S. The molecule has 6 heteroatoms. The van der Waals surface area contributed by atoms with E-state index in [4.69, 9.17) is 15.0 Å². The summed E-state index contributed by atoms with van der Waals surface area (Å²) in [6, 6.07) is 54.8. The Balaban J connectivity index is 1.17. The third kappa shape index (κ3) is 5.16. The summed E-state index contributed by atoms with van der Waals surface area (Å²) in [6.07, 6.45) is 0. The second-order valence-corrected chi connectivity index (χ2v) is 17.4. The van der Waals surface area contributed by atoms with Gasteiger partial charge in [0.2, 0.25) is 5.95 Å². The molecule has 280 valence electrons. The van der Waals surface area contributed by atoms with Gasteiger partial charge in [-0.1, -0.05) is 116 Å². The number of rotatable bonds is 3. The van der Waals surface area contributed by atoms with Crippen molar-refractivity contribution >= 4 is 91.9 Å². The number of nitrogens with zero attached hydrogens (tertiary/aromatic N) is 4. The highest BCUT2D eigenvalue weighted by Gasteiger charge is 2.39. The predicted molar refractivity (Wildman–Crippen MR) is 245 cm³/mol. The molecule has 0 saturated heterocycles. The Morgan fingerprint density at radius 3 is 1.78 bits per heavy atom. The van der Waals surface area contributed by atoms with Gasteiger partial charge in [0, 0.05) is 36.7 Å². The number of aromatic nitrogens is 3. The number of halogens is 1. The number of benzene rings is 9. The number of hydrogen-bond donors (Lipinski definition) is 0. The Kier molecular flexibility index (Phi) is 7.21. The van der Waals surface area contributed by atoms with E-state index in [1.54, 1.807) is 12.1 Å². The Hall–Kier alpha value is -7.02. The lowest BCUT2D eigenvalue weighted by molar-refractivity contribution is 0.628. The van der Waals surface area contributed by atoms with Gasteiger partial charge in [0.05, 0.1) is 11.4 Å². The summed E-state index contributed by atoms with van der Waals surface area (Å²) in [5.41, 5.74) is 6.90. The van der Waals surface area contributed by atoms with Gasteiger partial charge in [0.1, 0.15) is 5.82 Å². The van der Waals surface area contributed by atoms with Gasteiger partial charge in [-0.15, -0.1) is 11.3 Å². The zero-order valence-electron chi connectivity index (χ0n) is 32.6. The highest BCUT2D eigenvalue weighted by atomic mass is 32.1. The van der Waals surface area contributed by atoms with Crippen LogP contribution in [0.1, 0.15) is 30.5 Å². The summed E-state index contributed by atoms with van der Waals surface area (Å²) in [6.45, 7) is 6.84. The molecule has 59 heavy (non-hydrogen) atoms. The second kappa shape index (κ2) is 12.5. The van der Waals surface area contributed by atoms with Crippen LogP contribution in [0, 0.1) is 12.7 Å². The molecule has 2 aromatic heterocycles. The first-order valence-corrected chi connectivity index (χ1v) is 20.8. The van der Waals surface area contributed by atoms with E-state index in [1.165, 1.54) is 86.7 Å². The van der Waals surface area contributed by atoms with Crippen LogP contribution in [0.15, 0.2) is 158 Å². The first-order chi connectivity index (χ1) is 28.8. The van der Waals surface area contributed by atoms with Gasteiger partial charge < -0.3 is 0 Å². The average Bonchev–Trinajstić information content (AvgIpc) is 3.62. The minimum atomic E-state index is -0.375. The minimum Gasteiger partial charge on any atom is -0.278 e. The molecule has 0 N–H and O–H groups in total. The summed E-state index contributed by atoms with van der Waals surface area (Å²) >= 11 is 1.83. The molecule has 0 saturated carbocycles. The van der Waals surface area contributed by atoms with E-state index < -0.39 is 0 Å². The lowest BCUT2D eigenvalue weighted by atomic mass is 9.72. The maximum absolute atomic E-state index is 14.2. The zero-order valence-corrected chi connectivity index (χ0v) is 33.4. The first kappa shape index (κ1) is 34.1. The average molecular weight is 779 g/mol. The Bertz CT molecular complexity index is 3560. The van der Waals surface area contributed by atoms with Gasteiger partial charge in [-0.25, -0.2) is 9.37 Å². The van der Waals surface area contributed by atoms with E-state index in [2.05, 4.69) is 129 Å². The number of fused-ring (bicyclic) bond motifs is 12. The molecule has 0 atom stereocenters. The molecule has 4 nitrogen and oxygen atoms in total. The molecule has 0 radical (unpaired) electrons. The largest absolute Gasteiger partial charge is 0.278 e. The van der Waals surface area contributed by atoms with Crippen LogP contribution < -0.4 is 4.90 Å². The van der Waals surface area contributed by atoms with E-state index in [0.29, 0.717) is 23.2 Å². The normalized spacial score (nSPS) is 13.5. The topological polar surface area (TPSA) is 41.9 Å². The van der Waals surface area contributed by atoms with Crippen LogP contribution in [-0.2, 0) is 5.41 Å². The van der Waals surface area contributed by atoms with Crippen molar-refractivity contribution in [2.24, 2.45) is 0 Å². The standard InChI is InChI=1S/C53H35FN4S/c1-30-17-22-38-39(23-30)36-15-9-10-16-37(36)40-26-42-43-27-45-47(29-49(43)59-48(42)28-41(38)40)58(46-25-34-14-8-7-13-33(34)24-44(46)53(45,2)3)52-56-50(31-11-5-4-6-12-31)55-51(57-52)32-18-20-35(54)21-19-32/h4-29H,1-3H3. The molecule has 12 rings (SSSR count). The Morgan fingerprint density at radius 1 is 0.475 bits per heavy atom. The second-order valence-electron chi connectivity index (χ2n) is 16.3. The van der Waals surface area contributed by atoms with E-state index in [0.717, 1.165) is 22.3 Å². The fourth-order valence-corrected chi connectivity index (χ4v) is 10.5. The maximum atomic E-state index is 14.2. The smallest absolute Gasteiger partial charge is 0.238 e. The van der Waals surface area contributed by atoms with E-state index in [9.17, 15) is 4.39 Å². The van der Waals surface area contributed by atoms with Crippen molar-refractivity contribution in [3.05, 3.63) is 180 Å². The van der Waals surface area contributed by atoms with Crippen LogP contribution in [-0.4, -0.2) is 15.0 Å². The van der Waals surface area contributed by atoms with E-state index in [1.807, 2.05) is 41.7 Å². The molecule has 0 spiro atoms. The predicted octanol–water partition coefficient (Wildman–Crippen LogP) is 14.7. The minimum absolute atomic E-state index is 0.309. The Labute approximate surface area is 343 Å². The fraction of sp³-hybridized carbons (Fsp3) is 0.0755. The third-order valence-corrected chi connectivity index (χ3v) is 13.5. The van der Waals surface area contributed by atoms with Crippen molar-refractivity contribution in [3.8, 4) is 22.8 Å². The summed E-state index contributed by atoms with van der Waals surface area (Å²) in [7, 11) is 0. The fourth-order valence-electron chi connectivity index (χ4n) is 9.37. The molecule has 0 fully saturated rings. The van der Waals surface area contributed by atoms with Gasteiger partial charge in [0.25, 0.3) is 0 Å². The van der Waals surface area contributed by atoms with Gasteiger partial charge in [-0.05, 0) is 122 Å². The molecule has 0 aliphatic carbocycles. The molecule has 1 aliphatic heterocycles. The van der Waals surface area contributed by atoms with Crippen LogP contribution in [0.2, 0.25) is 0 Å². The zero-order chi connectivity index (χ0) is 39.6. The summed E-state index contributed by atoms with van der Waals surface area (Å²) < 4.78 is 16.7. The van der Waals surface area contributed by atoms with Gasteiger partial charge in [0.15, 0.2) is 11.6 Å². The number of anilines is 3. The van der Waals surface area contributed by atoms with Crippen molar-refractivity contribution in [1.29, 1.82) is 0 Å². The maximum Gasteiger partial charge on any atom is 0.238 e. The lowest BCUT2D eigenvalue weighted by Crippen LogP contribution is -2.31. The molecule has 11 aromatic rings. The number of thiophene rings is 1. The Morgan fingerprint density at radius 2 is 1.03 bits per heavy atom. The van der Waals surface area contributed by atoms with E-state index >= 15 is 0 Å². The monoisotopic (exact) mass is 778 g/mol. The molecule has 0 bridgehead atoms. The SMILES string of the molecule is Cc1ccc2c(c1)c1ccccc1c1cc3c(cc21)sc1cc2c(cc13)C(C)(C)c1cc3ccccc3cc1N2c1nc(-c2ccccc2)nc(-c2ccc(F)cc2)n1. The van der Waals surface area contributed by atoms with Crippen LogP contribution >= 0.6 is 11.3 Å². The van der Waals surface area contributed by atoms with Crippen molar-refractivity contribution in [2.45, 2.75) is 26.2 Å². The van der Waals surface area contributed by atoms with Crippen molar-refractivity contribution in [3.63, 3.8) is 0 Å². The molecule has 1 aliphatic rings. The third-order valence-electron chi connectivity index (χ3n) is 12.4. The van der Waals surface area contributed by atoms with Gasteiger partial charge in [-0.2, -0.15) is 9.97 Å². The highest BCUT2D eigenvalue weighted by molar-refractivity contribution is 7.26. The van der Waals surface area contributed by atoms with E-state index in [-0.39, 0.29) is 11.2 Å². The molecular weight excluding hydrogens is 744 g/mol. The van der Waals surface area contributed by atoms with Crippen molar-refractivity contribution in [1.82, 2.24) is 15.0 Å². The number of aryl methyl sites for hydroxylation is 1. The van der Waals surface area contributed by atoms with Crippen LogP contribution in [0.3, 0.4) is 0 Å². The van der Waals surface area contributed by atoms with Crippen molar-refractivity contribution < 1.29 is 4.39 Å². The van der Waals surface area contributed by atoms with Gasteiger partial charge in [-0.3, -0.25) is 4.90 Å². The highest BCUT2D eigenvalue weighted by Crippen LogP contribution is 2.55. The van der Waals surface area contributed by atoms with Gasteiger partial charge >= 0.3 is 0 Å². The molecule has 9 aromatic carbocycles. The summed E-state index contributed by atoms with van der Waals surface area (Å²) in [5.74, 6) is 1.22.